The van der Waals surface area contributed by atoms with Crippen LogP contribution in [0, 0.1) is 17.1 Å². The number of carbonyl (C=O) groups excluding carboxylic acids is 1. The molecule has 1 aliphatic rings. The summed E-state index contributed by atoms with van der Waals surface area (Å²) in [6.07, 6.45) is 0.622. The number of halogens is 1. The maximum atomic E-state index is 13.2. The molecule has 31 heavy (non-hydrogen) atoms. The minimum absolute atomic E-state index is 0.00728. The van der Waals surface area contributed by atoms with Crippen molar-refractivity contribution in [3.05, 3.63) is 95.3 Å². The van der Waals surface area contributed by atoms with Crippen molar-refractivity contribution >= 4 is 21.6 Å². The molecule has 6 nitrogen and oxygen atoms in total. The van der Waals surface area contributed by atoms with Gasteiger partial charge in [0.2, 0.25) is 0 Å². The number of rotatable bonds is 5. The summed E-state index contributed by atoms with van der Waals surface area (Å²) in [5.74, 6) is -1.05. The molecule has 0 saturated carbocycles. The van der Waals surface area contributed by atoms with Crippen LogP contribution in [0.1, 0.15) is 27.5 Å². The van der Waals surface area contributed by atoms with E-state index in [1.54, 1.807) is 12.1 Å². The number of hydrogen-bond acceptors (Lipinski definition) is 4. The van der Waals surface area contributed by atoms with Gasteiger partial charge in [-0.15, -0.1) is 0 Å². The zero-order chi connectivity index (χ0) is 22.0. The number of fused-ring (bicyclic) bond motifs is 1. The Balaban J connectivity index is 1.59. The molecule has 0 unspecified atom stereocenters. The molecule has 0 fully saturated rings. The Labute approximate surface area is 179 Å². The molecule has 0 saturated heterocycles. The monoisotopic (exact) mass is 435 g/mol. The molecule has 1 atom stereocenters. The van der Waals surface area contributed by atoms with Crippen LogP contribution in [-0.4, -0.2) is 20.9 Å². The third kappa shape index (κ3) is 4.00. The number of sulfonamides is 1. The summed E-state index contributed by atoms with van der Waals surface area (Å²) in [6, 6.07) is 19.2. The van der Waals surface area contributed by atoms with E-state index in [1.807, 2.05) is 18.2 Å². The molecule has 0 spiro atoms. The Hall–Kier alpha value is -3.70. The Bertz CT molecular complexity index is 1280. The molecule has 1 aliphatic heterocycles. The molecule has 0 bridgehead atoms. The Morgan fingerprint density at radius 1 is 1.06 bits per heavy atom. The van der Waals surface area contributed by atoms with Crippen molar-refractivity contribution in [2.24, 2.45) is 0 Å². The molecule has 0 aliphatic carbocycles. The van der Waals surface area contributed by atoms with Gasteiger partial charge in [-0.2, -0.15) is 5.26 Å². The first kappa shape index (κ1) is 20.6. The zero-order valence-electron chi connectivity index (χ0n) is 16.3. The van der Waals surface area contributed by atoms with Crippen molar-refractivity contribution in [3.8, 4) is 6.07 Å². The maximum absolute atomic E-state index is 13.2. The molecule has 1 N–H and O–H groups in total. The van der Waals surface area contributed by atoms with Crippen LogP contribution in [0.4, 0.5) is 10.1 Å². The molecule has 0 aromatic heterocycles. The molecule has 8 heteroatoms. The summed E-state index contributed by atoms with van der Waals surface area (Å²) >= 11 is 0. The Morgan fingerprint density at radius 2 is 1.81 bits per heavy atom. The number of nitrogens with zero attached hydrogens (tertiary/aromatic N) is 2. The van der Waals surface area contributed by atoms with Gasteiger partial charge in [0.1, 0.15) is 11.9 Å². The molecule has 3 aromatic carbocycles. The smallest absolute Gasteiger partial charge is 0.264 e. The SMILES string of the molecule is N#C[C@@H](NC(=O)c1cccc(S(=O)(=O)N2CCc3ccccc32)c1)c1ccc(F)cc1. The van der Waals surface area contributed by atoms with Crippen molar-refractivity contribution < 1.29 is 17.6 Å². The molecule has 4 rings (SSSR count). The van der Waals surface area contributed by atoms with Gasteiger partial charge in [-0.1, -0.05) is 36.4 Å². The first-order chi connectivity index (χ1) is 14.9. The van der Waals surface area contributed by atoms with Gasteiger partial charge in [-0.05, 0) is 53.9 Å². The standard InChI is InChI=1S/C23H18FN3O3S/c24-19-10-8-16(9-11-19)21(15-25)26-23(28)18-5-3-6-20(14-18)31(29,30)27-13-12-17-4-1-2-7-22(17)27/h1-11,14,21H,12-13H2,(H,26,28)/t21-/m1/s1. The topological polar surface area (TPSA) is 90.3 Å². The van der Waals surface area contributed by atoms with Gasteiger partial charge in [-0.3, -0.25) is 9.10 Å². The number of amides is 1. The lowest BCUT2D eigenvalue weighted by atomic mass is 10.1. The molecule has 3 aromatic rings. The summed E-state index contributed by atoms with van der Waals surface area (Å²) in [5, 5.41) is 12.0. The van der Waals surface area contributed by atoms with Crippen molar-refractivity contribution in [2.75, 3.05) is 10.8 Å². The fraction of sp³-hybridized carbons (Fsp3) is 0.130. The minimum Gasteiger partial charge on any atom is -0.333 e. The third-order valence-electron chi connectivity index (χ3n) is 5.14. The second-order valence-electron chi connectivity index (χ2n) is 7.07. The Morgan fingerprint density at radius 3 is 2.55 bits per heavy atom. The third-order valence-corrected chi connectivity index (χ3v) is 6.95. The predicted octanol–water partition coefficient (Wildman–Crippen LogP) is 3.57. The minimum atomic E-state index is -3.85. The number of carbonyl (C=O) groups is 1. The average Bonchev–Trinajstić information content (AvgIpc) is 3.23. The van der Waals surface area contributed by atoms with Crippen molar-refractivity contribution in [1.29, 1.82) is 5.26 Å². The molecular formula is C23H18FN3O3S. The van der Waals surface area contributed by atoms with Crippen LogP contribution in [0.5, 0.6) is 0 Å². The van der Waals surface area contributed by atoms with E-state index >= 15 is 0 Å². The van der Waals surface area contributed by atoms with Gasteiger partial charge in [0.15, 0.2) is 0 Å². The zero-order valence-corrected chi connectivity index (χ0v) is 17.1. The van der Waals surface area contributed by atoms with Crippen molar-refractivity contribution in [2.45, 2.75) is 17.4 Å². The second-order valence-corrected chi connectivity index (χ2v) is 8.93. The fourth-order valence-electron chi connectivity index (χ4n) is 3.54. The number of benzene rings is 3. The lowest BCUT2D eigenvalue weighted by Gasteiger charge is -2.20. The normalized spacial score (nSPS) is 13.9. The van der Waals surface area contributed by atoms with Crippen LogP contribution >= 0.6 is 0 Å². The summed E-state index contributed by atoms with van der Waals surface area (Å²) in [7, 11) is -3.85. The average molecular weight is 435 g/mol. The van der Waals surface area contributed by atoms with Gasteiger partial charge in [0, 0.05) is 12.1 Å². The Kier molecular flexibility index (Phi) is 5.44. The van der Waals surface area contributed by atoms with Gasteiger partial charge < -0.3 is 5.32 Å². The molecular weight excluding hydrogens is 417 g/mol. The van der Waals surface area contributed by atoms with E-state index in [-0.39, 0.29) is 10.5 Å². The summed E-state index contributed by atoms with van der Waals surface area (Å²) in [6.45, 7) is 0.333. The van der Waals surface area contributed by atoms with Crippen LogP contribution < -0.4 is 9.62 Å². The van der Waals surface area contributed by atoms with Gasteiger partial charge in [0.25, 0.3) is 15.9 Å². The highest BCUT2D eigenvalue weighted by atomic mass is 32.2. The number of anilines is 1. The van der Waals surface area contributed by atoms with Crippen LogP contribution in [0.15, 0.2) is 77.7 Å². The second kappa shape index (κ2) is 8.20. The van der Waals surface area contributed by atoms with E-state index in [9.17, 15) is 22.9 Å². The highest BCUT2D eigenvalue weighted by Crippen LogP contribution is 2.32. The maximum Gasteiger partial charge on any atom is 0.264 e. The van der Waals surface area contributed by atoms with Gasteiger partial charge >= 0.3 is 0 Å². The first-order valence-corrected chi connectivity index (χ1v) is 11.0. The fourth-order valence-corrected chi connectivity index (χ4v) is 5.09. The van der Waals surface area contributed by atoms with Crippen LogP contribution in [0.3, 0.4) is 0 Å². The van der Waals surface area contributed by atoms with E-state index in [0.29, 0.717) is 24.2 Å². The quantitative estimate of drug-likeness (QED) is 0.663. The first-order valence-electron chi connectivity index (χ1n) is 9.57. The van der Waals surface area contributed by atoms with Crippen LogP contribution in [-0.2, 0) is 16.4 Å². The van der Waals surface area contributed by atoms with Crippen LogP contribution in [0.2, 0.25) is 0 Å². The predicted molar refractivity (Wildman–Crippen MR) is 113 cm³/mol. The number of hydrogen-bond donors (Lipinski definition) is 1. The molecule has 1 amide bonds. The molecule has 0 radical (unpaired) electrons. The van der Waals surface area contributed by atoms with E-state index in [2.05, 4.69) is 5.32 Å². The van der Waals surface area contributed by atoms with E-state index in [0.717, 1.165) is 5.56 Å². The largest absolute Gasteiger partial charge is 0.333 e. The van der Waals surface area contributed by atoms with E-state index in [1.165, 1.54) is 52.8 Å². The molecule has 1 heterocycles. The van der Waals surface area contributed by atoms with E-state index in [4.69, 9.17) is 0 Å². The summed E-state index contributed by atoms with van der Waals surface area (Å²) in [5.41, 5.74) is 2.12. The van der Waals surface area contributed by atoms with Gasteiger partial charge in [-0.25, -0.2) is 12.8 Å². The van der Waals surface area contributed by atoms with Crippen molar-refractivity contribution in [3.63, 3.8) is 0 Å². The lowest BCUT2D eigenvalue weighted by molar-refractivity contribution is 0.0945. The van der Waals surface area contributed by atoms with Gasteiger partial charge in [0.05, 0.1) is 16.7 Å². The highest BCUT2D eigenvalue weighted by molar-refractivity contribution is 7.92. The highest BCUT2D eigenvalue weighted by Gasteiger charge is 2.31. The van der Waals surface area contributed by atoms with E-state index < -0.39 is 27.8 Å². The number of para-hydroxylation sites is 1. The van der Waals surface area contributed by atoms with Crippen molar-refractivity contribution in [1.82, 2.24) is 5.32 Å². The number of nitrogens with one attached hydrogen (secondary N) is 1. The summed E-state index contributed by atoms with van der Waals surface area (Å²) < 4.78 is 40.9. The summed E-state index contributed by atoms with van der Waals surface area (Å²) in [4.78, 5) is 12.7. The number of nitriles is 1. The lowest BCUT2D eigenvalue weighted by Crippen LogP contribution is -2.30. The molecule has 156 valence electrons. The van der Waals surface area contributed by atoms with Crippen LogP contribution in [0.25, 0.3) is 0 Å².